The number of nitrogens with zero attached hydrogens (tertiary/aromatic N) is 2. The quantitative estimate of drug-likeness (QED) is 0.637. The van der Waals surface area contributed by atoms with Crippen LogP contribution < -0.4 is 15.0 Å². The molecule has 2 N–H and O–H groups in total. The highest BCUT2D eigenvalue weighted by atomic mass is 16.5. The van der Waals surface area contributed by atoms with Crippen LogP contribution in [-0.2, 0) is 4.79 Å². The molecule has 0 bridgehead atoms. The van der Waals surface area contributed by atoms with Gasteiger partial charge in [0, 0.05) is 37.9 Å². The molecule has 0 aromatic heterocycles. The molecule has 1 saturated heterocycles. The first-order valence-electron chi connectivity index (χ1n) is 10.4. The summed E-state index contributed by atoms with van der Waals surface area (Å²) in [6, 6.07) is 24.2. The van der Waals surface area contributed by atoms with Crippen molar-refractivity contribution >= 4 is 17.3 Å². The molecule has 1 fully saturated rings. The van der Waals surface area contributed by atoms with Gasteiger partial charge in [0.2, 0.25) is 5.91 Å². The van der Waals surface area contributed by atoms with E-state index in [1.807, 2.05) is 72.8 Å². The first-order valence-corrected chi connectivity index (χ1v) is 10.4. The third-order valence-corrected chi connectivity index (χ3v) is 5.60. The van der Waals surface area contributed by atoms with Gasteiger partial charge in [0.05, 0.1) is 12.8 Å². The molecule has 0 spiro atoms. The normalized spacial score (nSPS) is 15.3. The van der Waals surface area contributed by atoms with Crippen LogP contribution in [0.25, 0.3) is 0 Å². The van der Waals surface area contributed by atoms with Crippen molar-refractivity contribution < 1.29 is 14.6 Å². The molecule has 3 aromatic rings. The number of phenolic OH excluding ortho intramolecular Hbond substituents is 1. The summed E-state index contributed by atoms with van der Waals surface area (Å²) in [5.41, 5.74) is 2.50. The van der Waals surface area contributed by atoms with Gasteiger partial charge in [-0.2, -0.15) is 0 Å². The first-order chi connectivity index (χ1) is 15.2. The lowest BCUT2D eigenvalue weighted by atomic mass is 10.0. The molecule has 3 aromatic carbocycles. The topological polar surface area (TPSA) is 65.0 Å². The highest BCUT2D eigenvalue weighted by Crippen LogP contribution is 2.30. The van der Waals surface area contributed by atoms with Crippen LogP contribution in [0.4, 0.5) is 11.4 Å². The molecular formula is C25H27N3O3. The van der Waals surface area contributed by atoms with Gasteiger partial charge in [0.25, 0.3) is 0 Å². The lowest BCUT2D eigenvalue weighted by Crippen LogP contribution is -2.50. The van der Waals surface area contributed by atoms with E-state index in [1.165, 1.54) is 0 Å². The summed E-state index contributed by atoms with van der Waals surface area (Å²) >= 11 is 0. The minimum absolute atomic E-state index is 0.0736. The zero-order valence-electron chi connectivity index (χ0n) is 17.6. The number of nitrogens with one attached hydrogen (secondary N) is 1. The van der Waals surface area contributed by atoms with Crippen LogP contribution in [0.1, 0.15) is 11.6 Å². The van der Waals surface area contributed by atoms with Crippen LogP contribution in [-0.4, -0.2) is 49.2 Å². The fourth-order valence-corrected chi connectivity index (χ4v) is 4.03. The number of para-hydroxylation sites is 2. The van der Waals surface area contributed by atoms with Gasteiger partial charge in [0.15, 0.2) is 0 Å². The molecule has 1 unspecified atom stereocenters. The first kappa shape index (κ1) is 20.8. The number of phenols is 1. The van der Waals surface area contributed by atoms with Crippen molar-refractivity contribution in [1.82, 2.24) is 4.90 Å². The van der Waals surface area contributed by atoms with Gasteiger partial charge in [-0.3, -0.25) is 9.69 Å². The predicted molar refractivity (Wildman–Crippen MR) is 123 cm³/mol. The minimum atomic E-state index is -0.404. The molecule has 1 heterocycles. The van der Waals surface area contributed by atoms with Gasteiger partial charge in [-0.25, -0.2) is 0 Å². The summed E-state index contributed by atoms with van der Waals surface area (Å²) in [5.74, 6) is 0.909. The average molecular weight is 418 g/mol. The Morgan fingerprint density at radius 2 is 1.65 bits per heavy atom. The molecular weight excluding hydrogens is 390 g/mol. The highest BCUT2D eigenvalue weighted by molar-refractivity contribution is 5.95. The number of rotatable bonds is 6. The summed E-state index contributed by atoms with van der Waals surface area (Å²) < 4.78 is 5.27. The lowest BCUT2D eigenvalue weighted by Gasteiger charge is -2.39. The molecule has 1 atom stereocenters. The zero-order valence-corrected chi connectivity index (χ0v) is 17.6. The second kappa shape index (κ2) is 9.53. The zero-order chi connectivity index (χ0) is 21.6. The van der Waals surface area contributed by atoms with Gasteiger partial charge in [-0.15, -0.1) is 0 Å². The third-order valence-electron chi connectivity index (χ3n) is 5.60. The number of amides is 1. The van der Waals surface area contributed by atoms with Gasteiger partial charge >= 0.3 is 0 Å². The fraction of sp³-hybridized carbons (Fsp3) is 0.240. The van der Waals surface area contributed by atoms with Crippen molar-refractivity contribution in [2.45, 2.75) is 6.04 Å². The van der Waals surface area contributed by atoms with Gasteiger partial charge < -0.3 is 20.1 Å². The Bertz CT molecular complexity index is 1020. The van der Waals surface area contributed by atoms with Crippen molar-refractivity contribution in [1.29, 1.82) is 0 Å². The Morgan fingerprint density at radius 3 is 2.35 bits per heavy atom. The number of aromatic hydroxyl groups is 1. The summed E-state index contributed by atoms with van der Waals surface area (Å²) in [7, 11) is 1.61. The van der Waals surface area contributed by atoms with E-state index in [9.17, 15) is 9.90 Å². The van der Waals surface area contributed by atoms with E-state index >= 15 is 0 Å². The molecule has 0 radical (unpaired) electrons. The SMILES string of the molecule is COc1cccc(NC(=O)C(c2ccccc2)N2CCN(c3ccccc3O)CC2)c1. The van der Waals surface area contributed by atoms with Gasteiger partial charge in [-0.1, -0.05) is 48.5 Å². The van der Waals surface area contributed by atoms with E-state index in [0.717, 1.165) is 24.3 Å². The van der Waals surface area contributed by atoms with Crippen molar-refractivity contribution in [3.63, 3.8) is 0 Å². The molecule has 31 heavy (non-hydrogen) atoms. The Labute approximate surface area is 182 Å². The summed E-state index contributed by atoms with van der Waals surface area (Å²) in [6.07, 6.45) is 0. The maximum Gasteiger partial charge on any atom is 0.246 e. The number of hydrogen-bond donors (Lipinski definition) is 2. The number of ether oxygens (including phenoxy) is 1. The third kappa shape index (κ3) is 4.81. The molecule has 1 aliphatic rings. The highest BCUT2D eigenvalue weighted by Gasteiger charge is 2.31. The van der Waals surface area contributed by atoms with Crippen LogP contribution in [0.5, 0.6) is 11.5 Å². The van der Waals surface area contributed by atoms with Crippen LogP contribution in [0.3, 0.4) is 0 Å². The Kier molecular flexibility index (Phi) is 6.38. The van der Waals surface area contributed by atoms with Crippen LogP contribution in [0.2, 0.25) is 0 Å². The molecule has 4 rings (SSSR count). The molecule has 160 valence electrons. The largest absolute Gasteiger partial charge is 0.506 e. The molecule has 6 nitrogen and oxygen atoms in total. The van der Waals surface area contributed by atoms with E-state index in [4.69, 9.17) is 4.74 Å². The maximum absolute atomic E-state index is 13.4. The summed E-state index contributed by atoms with van der Waals surface area (Å²) in [5, 5.41) is 13.2. The van der Waals surface area contributed by atoms with Gasteiger partial charge in [0.1, 0.15) is 17.5 Å². The van der Waals surface area contributed by atoms with E-state index in [-0.39, 0.29) is 11.7 Å². The van der Waals surface area contributed by atoms with Crippen molar-refractivity contribution in [3.8, 4) is 11.5 Å². The van der Waals surface area contributed by atoms with Crippen LogP contribution >= 0.6 is 0 Å². The Morgan fingerprint density at radius 1 is 0.935 bits per heavy atom. The molecule has 1 amide bonds. The molecule has 6 heteroatoms. The Hall–Kier alpha value is -3.51. The van der Waals surface area contributed by atoms with Crippen molar-refractivity contribution in [2.75, 3.05) is 43.5 Å². The van der Waals surface area contributed by atoms with Crippen LogP contribution in [0.15, 0.2) is 78.9 Å². The van der Waals surface area contributed by atoms with Crippen molar-refractivity contribution in [2.24, 2.45) is 0 Å². The van der Waals surface area contributed by atoms with E-state index < -0.39 is 6.04 Å². The Balaban J connectivity index is 1.52. The number of carbonyl (C=O) groups is 1. The maximum atomic E-state index is 13.4. The summed E-state index contributed by atoms with van der Waals surface area (Å²) in [4.78, 5) is 17.7. The van der Waals surface area contributed by atoms with Gasteiger partial charge in [-0.05, 0) is 29.8 Å². The predicted octanol–water partition coefficient (Wildman–Crippen LogP) is 3.90. The number of carbonyl (C=O) groups excluding carboxylic acids is 1. The second-order valence-electron chi connectivity index (χ2n) is 7.55. The number of anilines is 2. The standard InChI is InChI=1S/C25H27N3O3/c1-31-21-11-7-10-20(18-21)26-25(30)24(19-8-3-2-4-9-19)28-16-14-27(15-17-28)22-12-5-6-13-23(22)29/h2-13,18,24,29H,14-17H2,1H3,(H,26,30). The lowest BCUT2D eigenvalue weighted by molar-refractivity contribution is -0.121. The molecule has 0 saturated carbocycles. The van der Waals surface area contributed by atoms with Crippen molar-refractivity contribution in [3.05, 3.63) is 84.4 Å². The van der Waals surface area contributed by atoms with Crippen LogP contribution in [0, 0.1) is 0 Å². The number of hydrogen-bond acceptors (Lipinski definition) is 5. The smallest absolute Gasteiger partial charge is 0.246 e. The fourth-order valence-electron chi connectivity index (χ4n) is 4.03. The van der Waals surface area contributed by atoms with E-state index in [1.54, 1.807) is 13.2 Å². The number of benzene rings is 3. The number of piperazine rings is 1. The molecule has 1 aliphatic heterocycles. The van der Waals surface area contributed by atoms with E-state index in [0.29, 0.717) is 24.5 Å². The minimum Gasteiger partial charge on any atom is -0.506 e. The van der Waals surface area contributed by atoms with E-state index in [2.05, 4.69) is 15.1 Å². The molecule has 0 aliphatic carbocycles. The average Bonchev–Trinajstić information content (AvgIpc) is 2.81. The monoisotopic (exact) mass is 417 g/mol. The number of methoxy groups -OCH3 is 1. The second-order valence-corrected chi connectivity index (χ2v) is 7.55. The summed E-state index contributed by atoms with van der Waals surface area (Å²) in [6.45, 7) is 2.87.